The van der Waals surface area contributed by atoms with Gasteiger partial charge in [-0.1, -0.05) is 13.0 Å². The fourth-order valence-electron chi connectivity index (χ4n) is 2.18. The van der Waals surface area contributed by atoms with Crippen LogP contribution in [0.3, 0.4) is 0 Å². The average molecular weight is 254 g/mol. The predicted molar refractivity (Wildman–Crippen MR) is 73.0 cm³/mol. The first-order valence-corrected chi connectivity index (χ1v) is 7.05. The molecule has 1 aromatic carbocycles. The summed E-state index contributed by atoms with van der Waals surface area (Å²) in [7, 11) is 0. The van der Waals surface area contributed by atoms with Gasteiger partial charge in [-0.05, 0) is 24.6 Å². The Hall–Kier alpha value is -0.740. The second-order valence-corrected chi connectivity index (χ2v) is 5.98. The SMILES string of the molecule is CC1SCCN(c2ccc(CN)cc2F)C1C. The molecule has 0 aliphatic carbocycles. The van der Waals surface area contributed by atoms with E-state index in [9.17, 15) is 4.39 Å². The lowest BCUT2D eigenvalue weighted by molar-refractivity contribution is 0.581. The molecule has 2 nitrogen and oxygen atoms in total. The number of thioether (sulfide) groups is 1. The fraction of sp³-hybridized carbons (Fsp3) is 0.538. The van der Waals surface area contributed by atoms with Crippen molar-refractivity contribution in [1.82, 2.24) is 0 Å². The molecule has 1 fully saturated rings. The van der Waals surface area contributed by atoms with Crippen LogP contribution in [0.2, 0.25) is 0 Å². The lowest BCUT2D eigenvalue weighted by atomic mass is 10.1. The highest BCUT2D eigenvalue weighted by atomic mass is 32.2. The molecule has 2 atom stereocenters. The molecule has 94 valence electrons. The zero-order valence-corrected chi connectivity index (χ0v) is 11.1. The van der Waals surface area contributed by atoms with Crippen LogP contribution < -0.4 is 10.6 Å². The van der Waals surface area contributed by atoms with Crippen molar-refractivity contribution in [3.05, 3.63) is 29.6 Å². The Kier molecular flexibility index (Phi) is 3.94. The van der Waals surface area contributed by atoms with Crippen molar-refractivity contribution >= 4 is 17.4 Å². The fourth-order valence-corrected chi connectivity index (χ4v) is 3.28. The van der Waals surface area contributed by atoms with E-state index in [4.69, 9.17) is 5.73 Å². The van der Waals surface area contributed by atoms with Crippen LogP contribution in [-0.2, 0) is 6.54 Å². The van der Waals surface area contributed by atoms with E-state index < -0.39 is 0 Å². The molecule has 0 spiro atoms. The van der Waals surface area contributed by atoms with E-state index in [2.05, 4.69) is 18.7 Å². The summed E-state index contributed by atoms with van der Waals surface area (Å²) >= 11 is 1.95. The van der Waals surface area contributed by atoms with E-state index >= 15 is 0 Å². The largest absolute Gasteiger partial charge is 0.365 e. The highest BCUT2D eigenvalue weighted by Gasteiger charge is 2.26. The molecule has 0 amide bonds. The standard InChI is InChI=1S/C13H19FN2S/c1-9-10(2)17-6-5-16(9)13-4-3-11(8-15)7-12(13)14/h3-4,7,9-10H,5-6,8,15H2,1-2H3. The number of halogens is 1. The van der Waals surface area contributed by atoms with Crippen molar-refractivity contribution in [2.45, 2.75) is 31.7 Å². The second-order valence-electron chi connectivity index (χ2n) is 4.50. The van der Waals surface area contributed by atoms with E-state index in [1.54, 1.807) is 6.07 Å². The monoisotopic (exact) mass is 254 g/mol. The smallest absolute Gasteiger partial charge is 0.146 e. The van der Waals surface area contributed by atoms with Gasteiger partial charge in [0.25, 0.3) is 0 Å². The van der Waals surface area contributed by atoms with Crippen LogP contribution >= 0.6 is 11.8 Å². The number of hydrogen-bond donors (Lipinski definition) is 1. The molecule has 2 unspecified atom stereocenters. The van der Waals surface area contributed by atoms with Crippen molar-refractivity contribution in [2.24, 2.45) is 5.73 Å². The molecule has 0 bridgehead atoms. The third kappa shape index (κ3) is 2.58. The molecule has 4 heteroatoms. The van der Waals surface area contributed by atoms with Crippen molar-refractivity contribution < 1.29 is 4.39 Å². The van der Waals surface area contributed by atoms with Crippen LogP contribution in [0.1, 0.15) is 19.4 Å². The summed E-state index contributed by atoms with van der Waals surface area (Å²) in [4.78, 5) is 2.16. The Morgan fingerprint density at radius 3 is 2.88 bits per heavy atom. The van der Waals surface area contributed by atoms with Gasteiger partial charge < -0.3 is 10.6 Å². The minimum atomic E-state index is -0.154. The zero-order chi connectivity index (χ0) is 12.4. The van der Waals surface area contributed by atoms with Gasteiger partial charge in [-0.3, -0.25) is 0 Å². The summed E-state index contributed by atoms with van der Waals surface area (Å²) < 4.78 is 14.0. The van der Waals surface area contributed by atoms with Crippen molar-refractivity contribution in [3.8, 4) is 0 Å². The number of nitrogens with two attached hydrogens (primary N) is 1. The Labute approximate surface area is 106 Å². The van der Waals surface area contributed by atoms with Gasteiger partial charge in [-0.25, -0.2) is 4.39 Å². The van der Waals surface area contributed by atoms with Crippen LogP contribution in [0, 0.1) is 5.82 Å². The predicted octanol–water partition coefficient (Wildman–Crippen LogP) is 2.61. The normalized spacial score (nSPS) is 25.1. The molecule has 1 aliphatic rings. The molecular weight excluding hydrogens is 235 g/mol. The topological polar surface area (TPSA) is 29.3 Å². The Balaban J connectivity index is 2.27. The van der Waals surface area contributed by atoms with Crippen LogP contribution in [0.4, 0.5) is 10.1 Å². The summed E-state index contributed by atoms with van der Waals surface area (Å²) in [5, 5.41) is 0.539. The first kappa shape index (κ1) is 12.7. The number of anilines is 1. The van der Waals surface area contributed by atoms with Gasteiger partial charge in [0.15, 0.2) is 0 Å². The van der Waals surface area contributed by atoms with E-state index in [1.165, 1.54) is 0 Å². The van der Waals surface area contributed by atoms with E-state index in [-0.39, 0.29) is 5.82 Å². The summed E-state index contributed by atoms with van der Waals surface area (Å²) in [5.74, 6) is 0.905. The Bertz CT molecular complexity index is 397. The van der Waals surface area contributed by atoms with E-state index in [1.807, 2.05) is 23.9 Å². The Morgan fingerprint density at radius 2 is 2.24 bits per heavy atom. The quantitative estimate of drug-likeness (QED) is 0.879. The zero-order valence-electron chi connectivity index (χ0n) is 10.3. The van der Waals surface area contributed by atoms with E-state index in [0.717, 1.165) is 17.9 Å². The first-order valence-electron chi connectivity index (χ1n) is 6.00. The molecule has 1 heterocycles. The highest BCUT2D eigenvalue weighted by Crippen LogP contribution is 2.30. The molecule has 2 rings (SSSR count). The van der Waals surface area contributed by atoms with Gasteiger partial charge in [-0.15, -0.1) is 0 Å². The lowest BCUT2D eigenvalue weighted by Gasteiger charge is -2.39. The maximum absolute atomic E-state index is 14.0. The molecular formula is C13H19FN2S. The molecule has 1 aromatic rings. The maximum Gasteiger partial charge on any atom is 0.146 e. The molecule has 1 saturated heterocycles. The maximum atomic E-state index is 14.0. The van der Waals surface area contributed by atoms with Crippen LogP contribution in [0.15, 0.2) is 18.2 Å². The van der Waals surface area contributed by atoms with E-state index in [0.29, 0.717) is 23.5 Å². The number of nitrogens with zero attached hydrogens (tertiary/aromatic N) is 1. The summed E-state index contributed by atoms with van der Waals surface area (Å²) in [6, 6.07) is 5.69. The number of benzene rings is 1. The van der Waals surface area contributed by atoms with Gasteiger partial charge in [0, 0.05) is 30.1 Å². The van der Waals surface area contributed by atoms with Gasteiger partial charge in [-0.2, -0.15) is 11.8 Å². The van der Waals surface area contributed by atoms with Crippen molar-refractivity contribution in [2.75, 3.05) is 17.2 Å². The molecule has 0 saturated carbocycles. The van der Waals surface area contributed by atoms with Gasteiger partial charge in [0.2, 0.25) is 0 Å². The van der Waals surface area contributed by atoms with Crippen LogP contribution in [0.25, 0.3) is 0 Å². The minimum absolute atomic E-state index is 0.154. The second kappa shape index (κ2) is 5.27. The Morgan fingerprint density at radius 1 is 1.47 bits per heavy atom. The molecule has 0 aromatic heterocycles. The first-order chi connectivity index (χ1) is 8.13. The molecule has 0 radical (unpaired) electrons. The third-order valence-electron chi connectivity index (χ3n) is 3.44. The van der Waals surface area contributed by atoms with Crippen molar-refractivity contribution in [3.63, 3.8) is 0 Å². The van der Waals surface area contributed by atoms with Gasteiger partial charge in [0.1, 0.15) is 5.82 Å². The minimum Gasteiger partial charge on any atom is -0.365 e. The average Bonchev–Trinajstić information content (AvgIpc) is 2.33. The summed E-state index contributed by atoms with van der Waals surface area (Å²) in [6.07, 6.45) is 0. The summed E-state index contributed by atoms with van der Waals surface area (Å²) in [6.45, 7) is 5.66. The van der Waals surface area contributed by atoms with Crippen LogP contribution in [-0.4, -0.2) is 23.6 Å². The van der Waals surface area contributed by atoms with Gasteiger partial charge in [0.05, 0.1) is 5.69 Å². The molecule has 1 aliphatic heterocycles. The number of hydrogen-bond acceptors (Lipinski definition) is 3. The lowest BCUT2D eigenvalue weighted by Crippen LogP contribution is -2.45. The van der Waals surface area contributed by atoms with Crippen LogP contribution in [0.5, 0.6) is 0 Å². The third-order valence-corrected chi connectivity index (χ3v) is 4.78. The van der Waals surface area contributed by atoms with Gasteiger partial charge >= 0.3 is 0 Å². The molecule has 2 N–H and O–H groups in total. The highest BCUT2D eigenvalue weighted by molar-refractivity contribution is 8.00. The summed E-state index contributed by atoms with van der Waals surface area (Å²) in [5.41, 5.74) is 7.07. The van der Waals surface area contributed by atoms with Crippen molar-refractivity contribution in [1.29, 1.82) is 0 Å². The number of rotatable bonds is 2. The molecule has 17 heavy (non-hydrogen) atoms.